The molecule has 0 spiro atoms. The van der Waals surface area contributed by atoms with E-state index in [0.29, 0.717) is 31.3 Å². The lowest BCUT2D eigenvalue weighted by atomic mass is 9.67. The lowest BCUT2D eigenvalue weighted by molar-refractivity contribution is -0.318. The lowest BCUT2D eigenvalue weighted by Gasteiger charge is -2.51. The second kappa shape index (κ2) is 25.0. The molecule has 23 heteroatoms. The van der Waals surface area contributed by atoms with E-state index in [1.165, 1.54) is 20.4 Å². The zero-order valence-corrected chi connectivity index (χ0v) is 48.1. The fourth-order valence-electron chi connectivity index (χ4n) is 11.9. The first-order valence-electron chi connectivity index (χ1n) is 26.8. The van der Waals surface area contributed by atoms with Gasteiger partial charge in [0.2, 0.25) is 5.43 Å². The quantitative estimate of drug-likeness (QED) is 0.0815. The molecule has 1 saturated carbocycles. The highest BCUT2D eigenvalue weighted by molar-refractivity contribution is 7.86. The van der Waals surface area contributed by atoms with Crippen molar-refractivity contribution >= 4 is 38.7 Å². The molecule has 4 aliphatic rings. The van der Waals surface area contributed by atoms with Gasteiger partial charge >= 0.3 is 11.9 Å². The Balaban J connectivity index is 1.19. The van der Waals surface area contributed by atoms with Gasteiger partial charge in [-0.3, -0.25) is 23.2 Å². The van der Waals surface area contributed by atoms with E-state index in [-0.39, 0.29) is 61.1 Å². The van der Waals surface area contributed by atoms with Gasteiger partial charge in [0.25, 0.3) is 10.1 Å². The van der Waals surface area contributed by atoms with Crippen LogP contribution < -0.4 is 15.8 Å². The molecule has 0 radical (unpaired) electrons. The normalized spacial score (nSPS) is 37.7. The standard InChI is InChI=1S/C54H86N4O18S/c1-29-26-52(7,69-13)47(75-51-44(61)39(56(9)10)24-30(2)71-51)32(4)45(33(5)50(65)73-40-19-20-54(40,66)46(62)31(3)42(29)59)74-41-27-53(8,70-14)48(34(6)72-41)76-77(67,68)23-22-55-21-15-16-35-17-18-38-36(25-35)43(60)37(49(63)64)28-58(38)57(11)12/h17-18,25,28-34,39-41,44-48,51,55,61-62,66H,15-16,19-24,26-27H2,1-14H3,(H,63,64)/t29-,30-,31+,32+,33-,34+,39+,40-,41+,44-,45+,46-,47-,48+,51+,52-,53-,54-/m1/s1. The first kappa shape index (κ1) is 62.5. The van der Waals surface area contributed by atoms with Crippen molar-refractivity contribution in [1.82, 2.24) is 14.9 Å². The van der Waals surface area contributed by atoms with E-state index < -0.39 is 129 Å². The number of Topliss-reactive ketones (excluding diaryl/α,β-unsaturated/α-hetero) is 1. The number of pyridine rings is 1. The van der Waals surface area contributed by atoms with Crippen LogP contribution in [0.1, 0.15) is 110 Å². The highest BCUT2D eigenvalue weighted by atomic mass is 32.2. The summed E-state index contributed by atoms with van der Waals surface area (Å²) in [5, 5.41) is 49.8. The number of aromatic nitrogens is 1. The molecule has 3 saturated heterocycles. The van der Waals surface area contributed by atoms with E-state index in [9.17, 15) is 48.0 Å². The first-order valence-corrected chi connectivity index (χ1v) is 28.4. The molecule has 3 aliphatic heterocycles. The minimum atomic E-state index is -4.21. The molecule has 1 aromatic heterocycles. The maximum atomic E-state index is 14.4. The largest absolute Gasteiger partial charge is 0.477 e. The number of aromatic carboxylic acids is 1. The van der Waals surface area contributed by atoms with Crippen molar-refractivity contribution in [1.29, 1.82) is 0 Å². The van der Waals surface area contributed by atoms with Crippen molar-refractivity contribution in [2.24, 2.45) is 23.7 Å². The Morgan fingerprint density at radius 3 is 2.17 bits per heavy atom. The molecule has 77 heavy (non-hydrogen) atoms. The van der Waals surface area contributed by atoms with E-state index in [2.05, 4.69) is 5.32 Å². The third kappa shape index (κ3) is 13.6. The van der Waals surface area contributed by atoms with Crippen LogP contribution in [0.25, 0.3) is 10.9 Å². The van der Waals surface area contributed by atoms with Crippen molar-refractivity contribution < 1.29 is 80.6 Å². The third-order valence-corrected chi connectivity index (χ3v) is 18.0. The highest BCUT2D eigenvalue weighted by Crippen LogP contribution is 2.45. The van der Waals surface area contributed by atoms with Gasteiger partial charge in [-0.1, -0.05) is 26.8 Å². The molecule has 6 rings (SSSR count). The van der Waals surface area contributed by atoms with Crippen molar-refractivity contribution in [3.05, 3.63) is 45.7 Å². The number of benzene rings is 1. The Bertz CT molecular complexity index is 2570. The molecule has 2 aromatic rings. The lowest BCUT2D eigenvalue weighted by Crippen LogP contribution is -2.65. The van der Waals surface area contributed by atoms with Crippen LogP contribution in [0.3, 0.4) is 0 Å². The van der Waals surface area contributed by atoms with Gasteiger partial charge in [-0.2, -0.15) is 8.42 Å². The van der Waals surface area contributed by atoms with Gasteiger partial charge in [0.15, 0.2) is 12.6 Å². The molecule has 0 bridgehead atoms. The van der Waals surface area contributed by atoms with Gasteiger partial charge in [-0.15, -0.1) is 0 Å². The molecule has 5 N–H and O–H groups in total. The number of methoxy groups -OCH3 is 2. The summed E-state index contributed by atoms with van der Waals surface area (Å²) in [4.78, 5) is 55.4. The average molecular weight is 1110 g/mol. The van der Waals surface area contributed by atoms with Crippen LogP contribution in [0.2, 0.25) is 0 Å². The van der Waals surface area contributed by atoms with Crippen LogP contribution in [0.5, 0.6) is 0 Å². The van der Waals surface area contributed by atoms with Gasteiger partial charge in [0.1, 0.15) is 35.3 Å². The van der Waals surface area contributed by atoms with Crippen molar-refractivity contribution in [2.45, 2.75) is 185 Å². The van der Waals surface area contributed by atoms with Crippen LogP contribution in [0, 0.1) is 23.7 Å². The number of rotatable bonds is 18. The number of ether oxygens (including phenoxy) is 7. The topological polar surface area (TPSA) is 281 Å². The summed E-state index contributed by atoms with van der Waals surface area (Å²) in [5.41, 5.74) is -4.12. The number of nitrogens with one attached hydrogen (secondary N) is 1. The SMILES string of the molecule is CO[C@]1(C)C[C@@H](C)C(=O)[C@H](C)[C@@H](O)[C@@]2(O)CC[C@H]2OC(=O)[C@H](C)[C@@H](O[C@H]2C[C@@](C)(OC)[C@@H](OS(=O)(=O)CCNCCCc3ccc4c(c3)c(=O)c(C(=O)O)cn4N(C)C)[C@H](C)O2)[C@H](C)[C@H]1O[C@@H]1O[C@H](C)C[C@H](N(C)C)[C@H]1O. The van der Waals surface area contributed by atoms with Crippen LogP contribution in [0.15, 0.2) is 29.2 Å². The summed E-state index contributed by atoms with van der Waals surface area (Å²) in [6, 6.07) is 4.97. The zero-order valence-electron chi connectivity index (χ0n) is 47.3. The maximum absolute atomic E-state index is 14.4. The van der Waals surface area contributed by atoms with E-state index >= 15 is 0 Å². The first-order chi connectivity index (χ1) is 35.9. The van der Waals surface area contributed by atoms with Crippen molar-refractivity contribution in [3.63, 3.8) is 0 Å². The number of aliphatic hydroxyl groups is 3. The Kier molecular flexibility index (Phi) is 20.3. The van der Waals surface area contributed by atoms with Crippen molar-refractivity contribution in [3.8, 4) is 0 Å². The molecule has 1 aromatic carbocycles. The number of carboxylic acids is 1. The Hall–Kier alpha value is -3.69. The monoisotopic (exact) mass is 1110 g/mol. The number of aryl methyl sites for hydroxylation is 1. The summed E-state index contributed by atoms with van der Waals surface area (Å²) in [7, 11) is 5.87. The molecular formula is C54H86N4O18S. The molecular weight excluding hydrogens is 1020 g/mol. The van der Waals surface area contributed by atoms with Gasteiger partial charge < -0.3 is 68.8 Å². The van der Waals surface area contributed by atoms with Gasteiger partial charge in [0, 0.05) is 76.7 Å². The molecule has 1 aliphatic carbocycles. The number of hydrogen-bond acceptors (Lipinski definition) is 20. The smallest absolute Gasteiger partial charge is 0.341 e. The fourth-order valence-corrected chi connectivity index (χ4v) is 13.0. The Morgan fingerprint density at radius 1 is 0.909 bits per heavy atom. The fraction of sp³-hybridized carbons (Fsp3) is 0.778. The molecule has 22 nitrogen and oxygen atoms in total. The number of hydrogen-bond donors (Lipinski definition) is 5. The molecule has 4 heterocycles. The number of esters is 1. The number of carboxylic acid groups (broad SMARTS) is 1. The number of nitrogens with zero attached hydrogens (tertiary/aromatic N) is 3. The van der Waals surface area contributed by atoms with E-state index in [0.717, 1.165) is 5.56 Å². The van der Waals surface area contributed by atoms with Gasteiger partial charge in [-0.25, -0.2) is 4.79 Å². The molecule has 4 fully saturated rings. The average Bonchev–Trinajstić information content (AvgIpc) is 3.37. The van der Waals surface area contributed by atoms with E-state index in [1.807, 2.05) is 32.0 Å². The Labute approximate surface area is 453 Å². The Morgan fingerprint density at radius 2 is 1.57 bits per heavy atom. The summed E-state index contributed by atoms with van der Waals surface area (Å²) in [5.74, 6) is -6.57. The summed E-state index contributed by atoms with van der Waals surface area (Å²) >= 11 is 0. The summed E-state index contributed by atoms with van der Waals surface area (Å²) < 4.78 is 79.7. The van der Waals surface area contributed by atoms with Crippen LogP contribution in [-0.2, 0) is 63.5 Å². The zero-order chi connectivity index (χ0) is 57.3. The summed E-state index contributed by atoms with van der Waals surface area (Å²) in [6.07, 6.45) is -7.59. The van der Waals surface area contributed by atoms with E-state index in [4.69, 9.17) is 37.3 Å². The number of likely N-dealkylation sites (N-methyl/N-ethyl adjacent to an activating group) is 1. The van der Waals surface area contributed by atoms with Crippen LogP contribution in [-0.4, -0.2) is 202 Å². The number of aliphatic hydroxyl groups excluding tert-OH is 2. The third-order valence-electron chi connectivity index (χ3n) is 16.8. The molecule has 0 unspecified atom stereocenters. The van der Waals surface area contributed by atoms with Gasteiger partial charge in [-0.05, 0) is 111 Å². The second-order valence-electron chi connectivity index (χ2n) is 22.9. The minimum absolute atomic E-state index is 0.0459. The predicted molar refractivity (Wildman–Crippen MR) is 283 cm³/mol. The maximum Gasteiger partial charge on any atom is 0.341 e. The van der Waals surface area contributed by atoms with Crippen LogP contribution >= 0.6 is 0 Å². The highest BCUT2D eigenvalue weighted by Gasteiger charge is 2.58. The van der Waals surface area contributed by atoms with Gasteiger partial charge in [0.05, 0.1) is 58.9 Å². The predicted octanol–water partition coefficient (Wildman–Crippen LogP) is 2.59. The number of carbonyl (C=O) groups is 3. The van der Waals surface area contributed by atoms with E-state index in [1.54, 1.807) is 84.4 Å². The second-order valence-corrected chi connectivity index (χ2v) is 24.7. The number of fused-ring (bicyclic) bond motifs is 2. The van der Waals surface area contributed by atoms with Crippen molar-refractivity contribution in [2.75, 3.05) is 66.3 Å². The minimum Gasteiger partial charge on any atom is -0.477 e. The molecule has 18 atom stereocenters. The summed E-state index contributed by atoms with van der Waals surface area (Å²) in [6.45, 7) is 14.1. The number of carbonyl (C=O) groups excluding carboxylic acids is 2. The van der Waals surface area contributed by atoms with Crippen LogP contribution in [0.4, 0.5) is 0 Å². The molecule has 0 amide bonds. The number of ketones is 1. The molecule has 436 valence electrons.